The molecule has 1 amide bonds. The molecule has 5 N–H and O–H groups in total. The third kappa shape index (κ3) is 5.67. The van der Waals surface area contributed by atoms with Crippen LogP contribution in [0.1, 0.15) is 40.0 Å². The van der Waals surface area contributed by atoms with Gasteiger partial charge in [-0.25, -0.2) is 14.4 Å². The van der Waals surface area contributed by atoms with Crippen molar-refractivity contribution in [2.75, 3.05) is 11.1 Å². The van der Waals surface area contributed by atoms with Crippen LogP contribution in [0.3, 0.4) is 0 Å². The molecule has 0 radical (unpaired) electrons. The van der Waals surface area contributed by atoms with E-state index in [1.807, 2.05) is 37.3 Å². The summed E-state index contributed by atoms with van der Waals surface area (Å²) < 4.78 is 13.2. The van der Waals surface area contributed by atoms with Crippen molar-refractivity contribution in [1.82, 2.24) is 15.3 Å². The zero-order valence-electron chi connectivity index (χ0n) is 19.1. The van der Waals surface area contributed by atoms with Gasteiger partial charge in [0.25, 0.3) is 5.91 Å². The van der Waals surface area contributed by atoms with Gasteiger partial charge >= 0.3 is 0 Å². The maximum Gasteiger partial charge on any atom is 0.255 e. The Balaban J connectivity index is 1.43. The molecule has 0 fully saturated rings. The fourth-order valence-electron chi connectivity index (χ4n) is 3.61. The number of carbonyl (C=O) groups is 1. The van der Waals surface area contributed by atoms with Crippen LogP contribution >= 0.6 is 0 Å². The Bertz CT molecular complexity index is 1340. The van der Waals surface area contributed by atoms with Gasteiger partial charge < -0.3 is 21.8 Å². The quantitative estimate of drug-likeness (QED) is 0.273. The summed E-state index contributed by atoms with van der Waals surface area (Å²) in [6.45, 7) is 2.31. The van der Waals surface area contributed by atoms with E-state index in [1.54, 1.807) is 36.7 Å². The van der Waals surface area contributed by atoms with E-state index in [1.165, 1.54) is 18.3 Å². The topological polar surface area (TPSA) is 117 Å². The van der Waals surface area contributed by atoms with Crippen molar-refractivity contribution in [2.45, 2.75) is 19.5 Å². The molecule has 176 valence electrons. The number of hydrogen-bond donors (Lipinski definition) is 4. The van der Waals surface area contributed by atoms with Crippen LogP contribution in [0, 0.1) is 11.2 Å². The molecule has 4 aromatic rings. The van der Waals surface area contributed by atoms with E-state index < -0.39 is 0 Å². The molecule has 0 aliphatic carbocycles. The third-order valence-electron chi connectivity index (χ3n) is 5.62. The van der Waals surface area contributed by atoms with Crippen LogP contribution in [0.15, 0.2) is 79.1 Å². The lowest BCUT2D eigenvalue weighted by atomic mass is 10.0. The molecule has 0 saturated heterocycles. The number of benzene rings is 2. The standard InChI is InChI=1S/C27H25FN6O/c1-17(19-8-10-23(28)11-9-19)34-27(35)24-3-2-12-31-26(24)33-15-18-4-6-20(7-5-18)22-13-21(14-29)25(30)32-16-22/h2-14,16-17,29H,15H2,1H3,(H2,30,32)(H,31,33)(H,34,35). The fraction of sp³-hybridized carbons (Fsp3) is 0.111. The van der Waals surface area contributed by atoms with Crippen molar-refractivity contribution in [3.05, 3.63) is 107 Å². The van der Waals surface area contributed by atoms with E-state index in [2.05, 4.69) is 20.6 Å². The van der Waals surface area contributed by atoms with Crippen molar-refractivity contribution in [3.63, 3.8) is 0 Å². The Morgan fingerprint density at radius 2 is 1.83 bits per heavy atom. The van der Waals surface area contributed by atoms with Crippen LogP contribution in [0.25, 0.3) is 11.1 Å². The number of aromatic nitrogens is 2. The highest BCUT2D eigenvalue weighted by atomic mass is 19.1. The first-order chi connectivity index (χ1) is 16.9. The van der Waals surface area contributed by atoms with Gasteiger partial charge in [-0.15, -0.1) is 0 Å². The number of hydrogen-bond acceptors (Lipinski definition) is 6. The number of anilines is 2. The Morgan fingerprint density at radius 3 is 2.54 bits per heavy atom. The number of nitrogen functional groups attached to an aromatic ring is 1. The molecule has 8 heteroatoms. The molecule has 4 rings (SSSR count). The van der Waals surface area contributed by atoms with Crippen molar-refractivity contribution >= 4 is 23.8 Å². The number of nitrogens with two attached hydrogens (primary N) is 1. The zero-order valence-corrected chi connectivity index (χ0v) is 19.1. The summed E-state index contributed by atoms with van der Waals surface area (Å²) in [4.78, 5) is 21.4. The maximum absolute atomic E-state index is 13.2. The molecular weight excluding hydrogens is 443 g/mol. The van der Waals surface area contributed by atoms with E-state index in [0.717, 1.165) is 22.3 Å². The van der Waals surface area contributed by atoms with Gasteiger partial charge in [0.2, 0.25) is 0 Å². The predicted octanol–water partition coefficient (Wildman–Crippen LogP) is 4.97. The van der Waals surface area contributed by atoms with Crippen molar-refractivity contribution < 1.29 is 9.18 Å². The number of amides is 1. The molecule has 2 heterocycles. The van der Waals surface area contributed by atoms with E-state index in [-0.39, 0.29) is 17.8 Å². The summed E-state index contributed by atoms with van der Waals surface area (Å²) in [5.74, 6) is 0.205. The minimum Gasteiger partial charge on any atom is -0.383 e. The maximum atomic E-state index is 13.2. The van der Waals surface area contributed by atoms with Crippen LogP contribution in [0.2, 0.25) is 0 Å². The van der Waals surface area contributed by atoms with Gasteiger partial charge in [-0.1, -0.05) is 36.4 Å². The Kier molecular flexibility index (Phi) is 7.11. The van der Waals surface area contributed by atoms with Crippen LogP contribution in [0.5, 0.6) is 0 Å². The average Bonchev–Trinajstić information content (AvgIpc) is 2.88. The summed E-state index contributed by atoms with van der Waals surface area (Å²) >= 11 is 0. The second-order valence-electron chi connectivity index (χ2n) is 8.04. The minimum atomic E-state index is -0.319. The molecular formula is C27H25FN6O. The number of carbonyl (C=O) groups excluding carboxylic acids is 1. The summed E-state index contributed by atoms with van der Waals surface area (Å²) in [7, 11) is 0. The number of nitrogens with zero attached hydrogens (tertiary/aromatic N) is 2. The molecule has 7 nitrogen and oxygen atoms in total. The van der Waals surface area contributed by atoms with E-state index in [0.29, 0.717) is 29.3 Å². The summed E-state index contributed by atoms with van der Waals surface area (Å²) in [6, 6.07) is 18.9. The van der Waals surface area contributed by atoms with Crippen molar-refractivity contribution in [3.8, 4) is 11.1 Å². The van der Waals surface area contributed by atoms with Gasteiger partial charge in [-0.3, -0.25) is 4.79 Å². The molecule has 2 aromatic heterocycles. The number of pyridine rings is 2. The van der Waals surface area contributed by atoms with E-state index in [9.17, 15) is 9.18 Å². The highest BCUT2D eigenvalue weighted by Gasteiger charge is 2.16. The SMILES string of the molecule is CC(NC(=O)c1cccnc1NCc1ccc(-c2cnc(N)c(C=N)c2)cc1)c1ccc(F)cc1. The predicted molar refractivity (Wildman–Crippen MR) is 136 cm³/mol. The van der Waals surface area contributed by atoms with Crippen LogP contribution in [-0.2, 0) is 6.54 Å². The highest BCUT2D eigenvalue weighted by molar-refractivity contribution is 5.98. The Morgan fingerprint density at radius 1 is 1.09 bits per heavy atom. The number of nitrogens with one attached hydrogen (secondary N) is 3. The van der Waals surface area contributed by atoms with Gasteiger partial charge in [-0.05, 0) is 53.9 Å². The van der Waals surface area contributed by atoms with Crippen LogP contribution < -0.4 is 16.4 Å². The van der Waals surface area contributed by atoms with Crippen molar-refractivity contribution in [2.24, 2.45) is 0 Å². The second kappa shape index (κ2) is 10.6. The molecule has 0 aliphatic heterocycles. The van der Waals surface area contributed by atoms with Crippen molar-refractivity contribution in [1.29, 1.82) is 5.41 Å². The van der Waals surface area contributed by atoms with Gasteiger partial charge in [0.05, 0.1) is 11.6 Å². The van der Waals surface area contributed by atoms with Gasteiger partial charge in [-0.2, -0.15) is 0 Å². The highest BCUT2D eigenvalue weighted by Crippen LogP contribution is 2.23. The lowest BCUT2D eigenvalue weighted by Crippen LogP contribution is -2.27. The Labute approximate surface area is 202 Å². The molecule has 1 atom stereocenters. The average molecular weight is 469 g/mol. The molecule has 1 unspecified atom stereocenters. The first-order valence-electron chi connectivity index (χ1n) is 11.0. The fourth-order valence-corrected chi connectivity index (χ4v) is 3.61. The number of halogens is 1. The third-order valence-corrected chi connectivity index (χ3v) is 5.62. The van der Waals surface area contributed by atoms with E-state index in [4.69, 9.17) is 11.1 Å². The first-order valence-corrected chi connectivity index (χ1v) is 11.0. The smallest absolute Gasteiger partial charge is 0.255 e. The summed E-state index contributed by atoms with van der Waals surface area (Å²) in [5, 5.41) is 13.6. The van der Waals surface area contributed by atoms with Gasteiger partial charge in [0.15, 0.2) is 0 Å². The molecule has 0 bridgehead atoms. The van der Waals surface area contributed by atoms with Gasteiger partial charge in [0, 0.05) is 36.3 Å². The normalized spacial score (nSPS) is 11.5. The van der Waals surface area contributed by atoms with Crippen LogP contribution in [0.4, 0.5) is 16.0 Å². The molecule has 35 heavy (non-hydrogen) atoms. The first kappa shape index (κ1) is 23.6. The molecule has 0 aliphatic rings. The monoisotopic (exact) mass is 468 g/mol. The molecule has 0 spiro atoms. The summed E-state index contributed by atoms with van der Waals surface area (Å²) in [6.07, 6.45) is 4.49. The van der Waals surface area contributed by atoms with Gasteiger partial charge in [0.1, 0.15) is 17.5 Å². The summed E-state index contributed by atoms with van der Waals surface area (Å²) in [5.41, 5.74) is 10.4. The number of rotatable bonds is 8. The van der Waals surface area contributed by atoms with E-state index >= 15 is 0 Å². The minimum absolute atomic E-state index is 0.273. The molecule has 2 aromatic carbocycles. The lowest BCUT2D eigenvalue weighted by molar-refractivity contribution is 0.0940. The zero-order chi connectivity index (χ0) is 24.8. The molecule has 0 saturated carbocycles. The largest absolute Gasteiger partial charge is 0.383 e. The Hall–Kier alpha value is -4.59. The lowest BCUT2D eigenvalue weighted by Gasteiger charge is -2.16. The van der Waals surface area contributed by atoms with Crippen LogP contribution in [-0.4, -0.2) is 22.1 Å². The second-order valence-corrected chi connectivity index (χ2v) is 8.04.